The Morgan fingerprint density at radius 2 is 0.821 bits per heavy atom. The van der Waals surface area contributed by atoms with Gasteiger partial charge in [-0.1, -0.05) is 121 Å². The number of benzene rings is 6. The fraction of sp³-hybridized carbons (Fsp3) is 0.0541. The van der Waals surface area contributed by atoms with Gasteiger partial charge >= 0.3 is 5.97 Å². The molecule has 0 heterocycles. The average Bonchev–Trinajstić information content (AvgIpc) is 2.99. The molecule has 0 aliphatic heterocycles. The highest BCUT2D eigenvalue weighted by molar-refractivity contribution is 6.23. The Morgan fingerprint density at radius 3 is 1.18 bits per heavy atom. The summed E-state index contributed by atoms with van der Waals surface area (Å²) in [7, 11) is 0. The van der Waals surface area contributed by atoms with Gasteiger partial charge in [-0.3, -0.25) is 0 Å². The predicted molar refractivity (Wildman–Crippen MR) is 162 cm³/mol. The van der Waals surface area contributed by atoms with E-state index in [1.807, 2.05) is 73.7 Å². The van der Waals surface area contributed by atoms with E-state index >= 15 is 0 Å². The summed E-state index contributed by atoms with van der Waals surface area (Å²) >= 11 is 0. The molecule has 0 atom stereocenters. The van der Waals surface area contributed by atoms with Crippen LogP contribution >= 0.6 is 0 Å². The van der Waals surface area contributed by atoms with E-state index in [4.69, 9.17) is 0 Å². The number of rotatable bonds is 5. The van der Waals surface area contributed by atoms with E-state index in [2.05, 4.69) is 67.6 Å². The summed E-state index contributed by atoms with van der Waals surface area (Å²) in [5.74, 6) is -0.925. The van der Waals surface area contributed by atoms with Gasteiger partial charge in [-0.2, -0.15) is 0 Å². The Bertz CT molecular complexity index is 1810. The summed E-state index contributed by atoms with van der Waals surface area (Å²) in [5.41, 5.74) is 10.7. The number of hydrogen-bond acceptors (Lipinski definition) is 1. The summed E-state index contributed by atoms with van der Waals surface area (Å²) < 4.78 is 0. The van der Waals surface area contributed by atoms with Gasteiger partial charge < -0.3 is 5.11 Å². The molecule has 0 radical (unpaired) electrons. The number of carboxylic acids is 1. The Hall–Kier alpha value is -4.95. The Morgan fingerprint density at radius 1 is 0.487 bits per heavy atom. The smallest absolute Gasteiger partial charge is 0.336 e. The minimum absolute atomic E-state index is 0.320. The third kappa shape index (κ3) is 4.20. The minimum atomic E-state index is -0.925. The molecule has 0 bridgehead atoms. The zero-order valence-corrected chi connectivity index (χ0v) is 22.0. The fourth-order valence-corrected chi connectivity index (χ4v) is 5.73. The van der Waals surface area contributed by atoms with E-state index in [0.717, 1.165) is 66.4 Å². The molecule has 0 aromatic heterocycles. The lowest BCUT2D eigenvalue weighted by molar-refractivity contribution is 0.0699. The van der Waals surface area contributed by atoms with Crippen molar-refractivity contribution in [2.45, 2.75) is 13.8 Å². The van der Waals surface area contributed by atoms with E-state index in [0.29, 0.717) is 5.56 Å². The predicted octanol–water partition coefficient (Wildman–Crippen LogP) is 9.82. The average molecular weight is 505 g/mol. The lowest BCUT2D eigenvalue weighted by atomic mass is 9.76. The number of hydrogen-bond donors (Lipinski definition) is 1. The largest absolute Gasteiger partial charge is 0.478 e. The monoisotopic (exact) mass is 504 g/mol. The van der Waals surface area contributed by atoms with E-state index in [1.54, 1.807) is 0 Å². The Balaban J connectivity index is 2.01. The first-order valence-corrected chi connectivity index (χ1v) is 13.1. The molecule has 6 aromatic carbocycles. The lowest BCUT2D eigenvalue weighted by Crippen LogP contribution is -2.05. The minimum Gasteiger partial charge on any atom is -0.478 e. The van der Waals surface area contributed by atoms with Crippen LogP contribution in [0.4, 0.5) is 0 Å². The van der Waals surface area contributed by atoms with Crippen LogP contribution in [0, 0.1) is 13.8 Å². The van der Waals surface area contributed by atoms with E-state index in [9.17, 15) is 9.90 Å². The summed E-state index contributed by atoms with van der Waals surface area (Å²) in [6.07, 6.45) is 0. The molecule has 0 aliphatic rings. The van der Waals surface area contributed by atoms with Gasteiger partial charge in [0, 0.05) is 5.39 Å². The van der Waals surface area contributed by atoms with Gasteiger partial charge in [-0.15, -0.1) is 0 Å². The number of carbonyl (C=O) groups is 1. The Labute approximate surface area is 228 Å². The molecule has 6 aromatic rings. The quantitative estimate of drug-likeness (QED) is 0.254. The molecule has 2 nitrogen and oxygen atoms in total. The standard InChI is InChI=1S/C37H28O2/c1-24-23-30(37(38)39)36-31(25(24)2)32(26-15-7-3-8-16-26)33(27-17-9-4-10-18-27)34(28-19-11-5-12-20-28)35(36)29-21-13-6-14-22-29/h3-23H,1-2H3,(H,38,39). The van der Waals surface area contributed by atoms with Crippen LogP contribution in [0.15, 0.2) is 127 Å². The van der Waals surface area contributed by atoms with Crippen molar-refractivity contribution >= 4 is 16.7 Å². The van der Waals surface area contributed by atoms with Gasteiger partial charge in [0.25, 0.3) is 0 Å². The molecule has 0 spiro atoms. The van der Waals surface area contributed by atoms with Crippen LogP contribution < -0.4 is 0 Å². The highest BCUT2D eigenvalue weighted by Gasteiger charge is 2.28. The second-order valence-electron chi connectivity index (χ2n) is 9.89. The van der Waals surface area contributed by atoms with Crippen LogP contribution in [0.25, 0.3) is 55.3 Å². The summed E-state index contributed by atoms with van der Waals surface area (Å²) in [4.78, 5) is 12.9. The van der Waals surface area contributed by atoms with Gasteiger partial charge in [-0.25, -0.2) is 4.79 Å². The third-order valence-electron chi connectivity index (χ3n) is 7.58. The molecule has 6 rings (SSSR count). The van der Waals surface area contributed by atoms with E-state index in [-0.39, 0.29) is 0 Å². The van der Waals surface area contributed by atoms with Crippen molar-refractivity contribution in [3.05, 3.63) is 144 Å². The second kappa shape index (κ2) is 10.1. The maximum Gasteiger partial charge on any atom is 0.336 e. The van der Waals surface area contributed by atoms with Crippen LogP contribution in [-0.2, 0) is 0 Å². The van der Waals surface area contributed by atoms with Crippen LogP contribution in [0.1, 0.15) is 21.5 Å². The van der Waals surface area contributed by atoms with E-state index < -0.39 is 5.97 Å². The summed E-state index contributed by atoms with van der Waals surface area (Å²) in [6, 6.07) is 43.2. The van der Waals surface area contributed by atoms with E-state index in [1.165, 1.54) is 0 Å². The van der Waals surface area contributed by atoms with Crippen molar-refractivity contribution in [3.63, 3.8) is 0 Å². The van der Waals surface area contributed by atoms with Gasteiger partial charge in [-0.05, 0) is 80.9 Å². The number of aromatic carboxylic acids is 1. The topological polar surface area (TPSA) is 37.3 Å². The SMILES string of the molecule is Cc1cc(C(=O)O)c2c(-c3ccccc3)c(-c3ccccc3)c(-c3ccccc3)c(-c3ccccc3)c2c1C. The summed E-state index contributed by atoms with van der Waals surface area (Å²) in [6.45, 7) is 4.12. The molecule has 188 valence electrons. The van der Waals surface area contributed by atoms with Gasteiger partial charge in [0.05, 0.1) is 5.56 Å². The van der Waals surface area contributed by atoms with Crippen LogP contribution in [0.5, 0.6) is 0 Å². The van der Waals surface area contributed by atoms with Gasteiger partial charge in [0.2, 0.25) is 0 Å². The van der Waals surface area contributed by atoms with Crippen LogP contribution in [-0.4, -0.2) is 11.1 Å². The molecule has 0 amide bonds. The van der Waals surface area contributed by atoms with Crippen LogP contribution in [0.3, 0.4) is 0 Å². The maximum absolute atomic E-state index is 12.9. The number of aryl methyl sites for hydroxylation is 2. The number of fused-ring (bicyclic) bond motifs is 1. The molecule has 0 unspecified atom stereocenters. The first-order chi connectivity index (χ1) is 19.1. The molecule has 0 fully saturated rings. The highest BCUT2D eigenvalue weighted by atomic mass is 16.4. The first-order valence-electron chi connectivity index (χ1n) is 13.1. The second-order valence-corrected chi connectivity index (χ2v) is 9.89. The summed E-state index contributed by atoms with van der Waals surface area (Å²) in [5, 5.41) is 12.3. The van der Waals surface area contributed by atoms with Gasteiger partial charge in [0.1, 0.15) is 0 Å². The molecule has 0 saturated heterocycles. The lowest BCUT2D eigenvalue weighted by Gasteiger charge is -2.26. The molecule has 0 aliphatic carbocycles. The zero-order chi connectivity index (χ0) is 26.9. The highest BCUT2D eigenvalue weighted by Crippen LogP contribution is 2.52. The normalized spacial score (nSPS) is 11.0. The fourth-order valence-electron chi connectivity index (χ4n) is 5.73. The van der Waals surface area contributed by atoms with Crippen molar-refractivity contribution in [2.75, 3.05) is 0 Å². The Kier molecular flexibility index (Phi) is 6.30. The zero-order valence-electron chi connectivity index (χ0n) is 22.0. The van der Waals surface area contributed by atoms with Crippen molar-refractivity contribution in [1.82, 2.24) is 0 Å². The van der Waals surface area contributed by atoms with Crippen molar-refractivity contribution in [1.29, 1.82) is 0 Å². The molecule has 39 heavy (non-hydrogen) atoms. The van der Waals surface area contributed by atoms with Gasteiger partial charge in [0.15, 0.2) is 0 Å². The molecule has 1 N–H and O–H groups in total. The first kappa shape index (κ1) is 24.4. The molecule has 2 heteroatoms. The van der Waals surface area contributed by atoms with Crippen molar-refractivity contribution in [3.8, 4) is 44.5 Å². The van der Waals surface area contributed by atoms with Crippen LogP contribution in [0.2, 0.25) is 0 Å². The number of carboxylic acid groups (broad SMARTS) is 1. The van der Waals surface area contributed by atoms with Crippen molar-refractivity contribution < 1.29 is 9.90 Å². The molecular weight excluding hydrogens is 476 g/mol. The van der Waals surface area contributed by atoms with Crippen molar-refractivity contribution in [2.24, 2.45) is 0 Å². The third-order valence-corrected chi connectivity index (χ3v) is 7.58. The maximum atomic E-state index is 12.9. The molecule has 0 saturated carbocycles. The molecular formula is C37H28O2.